The molecule has 0 N–H and O–H groups in total. The lowest BCUT2D eigenvalue weighted by molar-refractivity contribution is -0.143. The molecule has 0 unspecified atom stereocenters. The van der Waals surface area contributed by atoms with Crippen LogP contribution in [0.3, 0.4) is 0 Å². The minimum absolute atomic E-state index is 0.145. The third-order valence-corrected chi connectivity index (χ3v) is 6.17. The van der Waals surface area contributed by atoms with E-state index in [1.807, 2.05) is 0 Å². The number of carbonyl (C=O) groups excluding carboxylic acids is 3. The molecule has 1 aliphatic carbocycles. The van der Waals surface area contributed by atoms with Gasteiger partial charge >= 0.3 is 5.97 Å². The van der Waals surface area contributed by atoms with E-state index in [9.17, 15) is 14.4 Å². The van der Waals surface area contributed by atoms with Gasteiger partial charge in [-0.05, 0) is 31.1 Å². The molecule has 0 heterocycles. The molecule has 1 aromatic carbocycles. The number of methoxy groups -OCH3 is 2. The quantitative estimate of drug-likeness (QED) is 0.113. The van der Waals surface area contributed by atoms with Crippen LogP contribution in [-0.4, -0.2) is 37.5 Å². The van der Waals surface area contributed by atoms with Crippen LogP contribution in [0, 0.1) is 0 Å². The molecule has 192 valence electrons. The Morgan fingerprint density at radius 1 is 0.800 bits per heavy atom. The van der Waals surface area contributed by atoms with Gasteiger partial charge in [-0.1, -0.05) is 76.8 Å². The van der Waals surface area contributed by atoms with Gasteiger partial charge < -0.3 is 14.3 Å². The van der Waals surface area contributed by atoms with Crippen molar-refractivity contribution in [2.75, 3.05) is 14.2 Å². The molecule has 0 saturated carbocycles. The molecular weight excluding hydrogens is 446 g/mol. The first-order chi connectivity index (χ1) is 17.0. The number of benzene rings is 1. The van der Waals surface area contributed by atoms with Crippen LogP contribution in [0.25, 0.3) is 0 Å². The number of rotatable bonds is 16. The number of allylic oxidation sites excluding steroid dienone is 2. The average molecular weight is 486 g/mol. The molecule has 0 fully saturated rings. The number of ether oxygens (including phenoxy) is 2. The molecular formula is C28H39NO6. The Balaban J connectivity index is 2.19. The summed E-state index contributed by atoms with van der Waals surface area (Å²) in [6.07, 6.45) is 15.1. The summed E-state index contributed by atoms with van der Waals surface area (Å²) in [5.74, 6) is -0.631. The van der Waals surface area contributed by atoms with E-state index in [-0.39, 0.29) is 40.6 Å². The van der Waals surface area contributed by atoms with Crippen molar-refractivity contribution >= 4 is 23.2 Å². The van der Waals surface area contributed by atoms with Gasteiger partial charge in [-0.3, -0.25) is 9.59 Å². The van der Waals surface area contributed by atoms with Gasteiger partial charge in [0.2, 0.25) is 0 Å². The molecule has 0 atom stereocenters. The number of oxime groups is 1. The van der Waals surface area contributed by atoms with Crippen molar-refractivity contribution in [1.29, 1.82) is 0 Å². The van der Waals surface area contributed by atoms with E-state index in [2.05, 4.69) is 12.1 Å². The molecule has 2 rings (SSSR count). The first-order valence-corrected chi connectivity index (χ1v) is 12.8. The largest absolute Gasteiger partial charge is 0.496 e. The van der Waals surface area contributed by atoms with Gasteiger partial charge in [-0.2, -0.15) is 0 Å². The Bertz CT molecular complexity index is 947. The van der Waals surface area contributed by atoms with Crippen LogP contribution in [0.2, 0.25) is 0 Å². The zero-order valence-corrected chi connectivity index (χ0v) is 21.6. The second kappa shape index (κ2) is 15.1. The van der Waals surface area contributed by atoms with Crippen molar-refractivity contribution in [3.05, 3.63) is 34.9 Å². The summed E-state index contributed by atoms with van der Waals surface area (Å²) in [6.45, 7) is 3.92. The molecule has 0 aliphatic heterocycles. The lowest BCUT2D eigenvalue weighted by Gasteiger charge is -2.20. The van der Waals surface area contributed by atoms with E-state index >= 15 is 0 Å². The lowest BCUT2D eigenvalue weighted by atomic mass is 9.88. The monoisotopic (exact) mass is 485 g/mol. The molecule has 0 aromatic heterocycles. The summed E-state index contributed by atoms with van der Waals surface area (Å²) in [6, 6.07) is 1.64. The van der Waals surface area contributed by atoms with E-state index in [1.165, 1.54) is 71.3 Å². The smallest absolute Gasteiger partial charge is 0.334 e. The third-order valence-electron chi connectivity index (χ3n) is 6.17. The van der Waals surface area contributed by atoms with Gasteiger partial charge in [0.25, 0.3) is 0 Å². The number of fused-ring (bicyclic) bond motifs is 1. The Labute approximate surface area is 208 Å². The zero-order chi connectivity index (χ0) is 25.6. The number of nitrogens with zero attached hydrogens (tertiary/aromatic N) is 1. The highest BCUT2D eigenvalue weighted by Gasteiger charge is 2.31. The second-order valence-electron chi connectivity index (χ2n) is 8.76. The van der Waals surface area contributed by atoms with E-state index in [0.717, 1.165) is 19.3 Å². The molecule has 0 amide bonds. The average Bonchev–Trinajstić information content (AvgIpc) is 2.87. The van der Waals surface area contributed by atoms with Crippen LogP contribution in [0.4, 0.5) is 0 Å². The van der Waals surface area contributed by atoms with Crippen molar-refractivity contribution in [2.45, 2.75) is 90.9 Å². The molecule has 0 spiro atoms. The highest BCUT2D eigenvalue weighted by atomic mass is 16.7. The lowest BCUT2D eigenvalue weighted by Crippen LogP contribution is -2.18. The van der Waals surface area contributed by atoms with Crippen LogP contribution in [-0.2, 0) is 9.63 Å². The SMILES string of the molecule is CCCCCCCCCCCCC(=NOC(=O)CC)c1cc(OC)c2c(c1OC)C(=O)C=CC2=O. The fourth-order valence-electron chi connectivity index (χ4n) is 4.21. The number of hydrogen-bond acceptors (Lipinski definition) is 7. The van der Waals surface area contributed by atoms with Crippen molar-refractivity contribution < 1.29 is 28.7 Å². The first-order valence-electron chi connectivity index (χ1n) is 12.8. The van der Waals surface area contributed by atoms with Crippen LogP contribution in [0.15, 0.2) is 23.4 Å². The highest BCUT2D eigenvalue weighted by Crippen LogP contribution is 2.38. The van der Waals surface area contributed by atoms with Gasteiger partial charge in [0, 0.05) is 12.0 Å². The predicted molar refractivity (Wildman–Crippen MR) is 137 cm³/mol. The minimum Gasteiger partial charge on any atom is -0.496 e. The maximum Gasteiger partial charge on any atom is 0.334 e. The second-order valence-corrected chi connectivity index (χ2v) is 8.76. The predicted octanol–water partition coefficient (Wildman–Crippen LogP) is 6.61. The molecule has 1 aromatic rings. The summed E-state index contributed by atoms with van der Waals surface area (Å²) in [5, 5.41) is 4.13. The Morgan fingerprint density at radius 3 is 1.91 bits per heavy atom. The topological polar surface area (TPSA) is 91.3 Å². The van der Waals surface area contributed by atoms with Gasteiger partial charge in [0.05, 0.1) is 31.1 Å². The van der Waals surface area contributed by atoms with Gasteiger partial charge in [0.1, 0.15) is 11.5 Å². The number of unbranched alkanes of at least 4 members (excludes halogenated alkanes) is 9. The van der Waals surface area contributed by atoms with Crippen molar-refractivity contribution in [1.82, 2.24) is 0 Å². The van der Waals surface area contributed by atoms with E-state index < -0.39 is 5.97 Å². The normalized spacial score (nSPS) is 13.1. The van der Waals surface area contributed by atoms with Gasteiger partial charge in [0.15, 0.2) is 11.6 Å². The number of ketones is 2. The highest BCUT2D eigenvalue weighted by molar-refractivity contribution is 6.25. The van der Waals surface area contributed by atoms with E-state index in [4.69, 9.17) is 14.3 Å². The first kappa shape index (κ1) is 28.3. The molecule has 0 saturated heterocycles. The molecule has 7 heteroatoms. The summed E-state index contributed by atoms with van der Waals surface area (Å²) in [5.41, 5.74) is 1.29. The maximum atomic E-state index is 12.7. The van der Waals surface area contributed by atoms with Gasteiger partial charge in [-0.15, -0.1) is 0 Å². The fraction of sp³-hybridized carbons (Fsp3) is 0.571. The summed E-state index contributed by atoms with van der Waals surface area (Å²) in [4.78, 5) is 42.1. The minimum atomic E-state index is -0.455. The van der Waals surface area contributed by atoms with E-state index in [0.29, 0.717) is 17.7 Å². The van der Waals surface area contributed by atoms with Crippen molar-refractivity contribution in [3.63, 3.8) is 0 Å². The number of hydrogen-bond donors (Lipinski definition) is 0. The zero-order valence-electron chi connectivity index (χ0n) is 21.6. The Hall–Kier alpha value is -2.96. The van der Waals surface area contributed by atoms with Crippen LogP contribution >= 0.6 is 0 Å². The molecule has 35 heavy (non-hydrogen) atoms. The Morgan fingerprint density at radius 2 is 1.37 bits per heavy atom. The van der Waals surface area contributed by atoms with Crippen LogP contribution in [0.5, 0.6) is 11.5 Å². The molecule has 1 aliphatic rings. The molecule has 0 radical (unpaired) electrons. The van der Waals surface area contributed by atoms with Crippen LogP contribution in [0.1, 0.15) is 117 Å². The third kappa shape index (κ3) is 8.05. The standard InChI is InChI=1S/C28H39NO6/c1-5-7-8-9-10-11-12-13-14-15-16-21(29-35-25(32)6-2)20-19-24(33-3)26-22(30)17-18-23(31)27(26)28(20)34-4/h17-19H,5-16H2,1-4H3. The summed E-state index contributed by atoms with van der Waals surface area (Å²) in [7, 11) is 2.88. The fourth-order valence-corrected chi connectivity index (χ4v) is 4.21. The maximum absolute atomic E-state index is 12.7. The van der Waals surface area contributed by atoms with E-state index in [1.54, 1.807) is 13.0 Å². The molecule has 0 bridgehead atoms. The van der Waals surface area contributed by atoms with Crippen LogP contribution < -0.4 is 9.47 Å². The van der Waals surface area contributed by atoms with Crippen molar-refractivity contribution in [2.24, 2.45) is 5.16 Å². The van der Waals surface area contributed by atoms with Crippen molar-refractivity contribution in [3.8, 4) is 11.5 Å². The molecule has 7 nitrogen and oxygen atoms in total. The summed E-state index contributed by atoms with van der Waals surface area (Å²) < 4.78 is 11.0. The Kier molecular flexibility index (Phi) is 12.2. The number of carbonyl (C=O) groups is 3. The summed E-state index contributed by atoms with van der Waals surface area (Å²) >= 11 is 0. The van der Waals surface area contributed by atoms with Gasteiger partial charge in [-0.25, -0.2) is 4.79 Å².